The molecule has 0 unspecified atom stereocenters. The summed E-state index contributed by atoms with van der Waals surface area (Å²) in [5.74, 6) is 0.150. The number of nitrogens with one attached hydrogen (secondary N) is 1. The van der Waals surface area contributed by atoms with E-state index in [0.29, 0.717) is 6.04 Å². The van der Waals surface area contributed by atoms with Crippen LogP contribution in [0, 0.1) is 0 Å². The second-order valence-electron chi connectivity index (χ2n) is 7.15. The Hall–Kier alpha value is -2.14. The van der Waals surface area contributed by atoms with E-state index in [4.69, 9.17) is 0 Å². The largest absolute Gasteiger partial charge is 0.333 e. The zero-order valence-electron chi connectivity index (χ0n) is 15.8. The number of amides is 1. The highest BCUT2D eigenvalue weighted by atomic mass is 16.2. The van der Waals surface area contributed by atoms with Gasteiger partial charge < -0.3 is 9.80 Å². The minimum atomic E-state index is 0.150. The number of H-pyrrole nitrogens is 1. The Labute approximate surface area is 155 Å². The van der Waals surface area contributed by atoms with Crippen LogP contribution in [0.15, 0.2) is 24.3 Å². The number of rotatable bonds is 1. The molecular weight excluding hydrogens is 324 g/mol. The lowest BCUT2D eigenvalue weighted by Gasteiger charge is -2.31. The standard InChI is InChI=1S/C19H22N4O.C2H6/c24-19(23-12-11-22-9-7-14(23)8-10-22)18-16-6-5-13-3-1-2-4-15(13)17(16)20-21-18;1-2/h1-4,14H,5-12H2,(H,20,21);1-2H3. The summed E-state index contributed by atoms with van der Waals surface area (Å²) in [4.78, 5) is 17.8. The van der Waals surface area contributed by atoms with Gasteiger partial charge >= 0.3 is 0 Å². The summed E-state index contributed by atoms with van der Waals surface area (Å²) >= 11 is 0. The van der Waals surface area contributed by atoms with Crippen LogP contribution in [0.5, 0.6) is 0 Å². The summed E-state index contributed by atoms with van der Waals surface area (Å²) in [6.07, 6.45) is 4.09. The average Bonchev–Trinajstić information content (AvgIpc) is 2.92. The molecule has 1 amide bonds. The lowest BCUT2D eigenvalue weighted by atomic mass is 9.89. The van der Waals surface area contributed by atoms with Crippen molar-refractivity contribution in [3.8, 4) is 11.3 Å². The van der Waals surface area contributed by atoms with E-state index in [0.717, 1.165) is 68.8 Å². The van der Waals surface area contributed by atoms with Gasteiger partial charge in [0.1, 0.15) is 5.69 Å². The van der Waals surface area contributed by atoms with E-state index in [-0.39, 0.29) is 5.91 Å². The second-order valence-corrected chi connectivity index (χ2v) is 7.15. The van der Waals surface area contributed by atoms with E-state index in [1.807, 2.05) is 19.9 Å². The van der Waals surface area contributed by atoms with Crippen molar-refractivity contribution in [2.45, 2.75) is 45.6 Å². The van der Waals surface area contributed by atoms with Gasteiger partial charge in [0.25, 0.3) is 5.91 Å². The smallest absolute Gasteiger partial charge is 0.272 e. The fraction of sp³-hybridized carbons (Fsp3) is 0.524. The maximum absolute atomic E-state index is 13.2. The number of aromatic amines is 1. The normalized spacial score (nSPS) is 23.4. The molecule has 1 N–H and O–H groups in total. The minimum absolute atomic E-state index is 0.150. The highest BCUT2D eigenvalue weighted by molar-refractivity contribution is 5.96. The van der Waals surface area contributed by atoms with Gasteiger partial charge in [0.05, 0.1) is 5.69 Å². The Balaban J connectivity index is 0.000000814. The van der Waals surface area contributed by atoms with E-state index in [1.54, 1.807) is 0 Å². The molecule has 26 heavy (non-hydrogen) atoms. The Bertz CT molecular complexity index is 789. The zero-order valence-corrected chi connectivity index (χ0v) is 15.8. The summed E-state index contributed by atoms with van der Waals surface area (Å²) in [5.41, 5.74) is 5.31. The van der Waals surface area contributed by atoms with Gasteiger partial charge in [0.15, 0.2) is 0 Å². The quantitative estimate of drug-likeness (QED) is 0.858. The Morgan fingerprint density at radius 2 is 1.85 bits per heavy atom. The molecule has 1 aromatic carbocycles. The summed E-state index contributed by atoms with van der Waals surface area (Å²) in [5, 5.41) is 7.59. The predicted octanol–water partition coefficient (Wildman–Crippen LogP) is 3.12. The van der Waals surface area contributed by atoms with Gasteiger partial charge in [-0.25, -0.2) is 0 Å². The summed E-state index contributed by atoms with van der Waals surface area (Å²) in [6.45, 7) is 8.10. The average molecular weight is 352 g/mol. The number of aryl methyl sites for hydroxylation is 1. The van der Waals surface area contributed by atoms with Crippen molar-refractivity contribution in [1.82, 2.24) is 20.0 Å². The predicted molar refractivity (Wildman–Crippen MR) is 103 cm³/mol. The number of carbonyl (C=O) groups is 1. The van der Waals surface area contributed by atoms with Crippen molar-refractivity contribution in [1.29, 1.82) is 0 Å². The van der Waals surface area contributed by atoms with E-state index in [9.17, 15) is 4.79 Å². The van der Waals surface area contributed by atoms with Crippen molar-refractivity contribution < 1.29 is 4.79 Å². The third kappa shape index (κ3) is 2.84. The van der Waals surface area contributed by atoms with Crippen molar-refractivity contribution in [3.63, 3.8) is 0 Å². The summed E-state index contributed by atoms with van der Waals surface area (Å²) in [6, 6.07) is 8.79. The number of hydrogen-bond donors (Lipinski definition) is 1. The first-order chi connectivity index (χ1) is 12.8. The third-order valence-electron chi connectivity index (χ3n) is 5.91. The summed E-state index contributed by atoms with van der Waals surface area (Å²) in [7, 11) is 0. The van der Waals surface area contributed by atoms with Crippen LogP contribution in [0.1, 0.15) is 48.3 Å². The lowest BCUT2D eigenvalue weighted by molar-refractivity contribution is 0.0677. The Morgan fingerprint density at radius 1 is 1.08 bits per heavy atom. The first-order valence-corrected chi connectivity index (χ1v) is 10.00. The fourth-order valence-corrected chi connectivity index (χ4v) is 4.53. The molecule has 1 aromatic heterocycles. The van der Waals surface area contributed by atoms with Crippen LogP contribution in [0.2, 0.25) is 0 Å². The maximum atomic E-state index is 13.2. The lowest BCUT2D eigenvalue weighted by Crippen LogP contribution is -2.42. The van der Waals surface area contributed by atoms with Gasteiger partial charge in [-0.15, -0.1) is 0 Å². The van der Waals surface area contributed by atoms with Crippen molar-refractivity contribution in [2.75, 3.05) is 26.2 Å². The SMILES string of the molecule is CC.O=C(c1[nH]nc2c1CCc1ccccc1-2)N1CCN2CCC1CC2. The maximum Gasteiger partial charge on any atom is 0.272 e. The van der Waals surface area contributed by atoms with E-state index >= 15 is 0 Å². The number of aromatic nitrogens is 2. The van der Waals surface area contributed by atoms with Gasteiger partial charge in [0.2, 0.25) is 0 Å². The van der Waals surface area contributed by atoms with Gasteiger partial charge in [-0.2, -0.15) is 5.10 Å². The number of carbonyl (C=O) groups excluding carboxylic acids is 1. The highest BCUT2D eigenvalue weighted by Gasteiger charge is 2.35. The van der Waals surface area contributed by atoms with Crippen molar-refractivity contribution >= 4 is 5.91 Å². The third-order valence-corrected chi connectivity index (χ3v) is 5.91. The molecule has 2 bridgehead atoms. The van der Waals surface area contributed by atoms with Crippen LogP contribution in [-0.2, 0) is 12.8 Å². The molecular formula is C21H28N4O. The molecule has 4 heterocycles. The van der Waals surface area contributed by atoms with Gasteiger partial charge in [-0.05, 0) is 31.2 Å². The van der Waals surface area contributed by atoms with Crippen LogP contribution in [-0.4, -0.2) is 58.1 Å². The minimum Gasteiger partial charge on any atom is -0.333 e. The molecule has 138 valence electrons. The molecule has 5 heteroatoms. The molecule has 3 aliphatic heterocycles. The highest BCUT2D eigenvalue weighted by Crippen LogP contribution is 2.34. The first kappa shape index (κ1) is 17.3. The molecule has 5 nitrogen and oxygen atoms in total. The van der Waals surface area contributed by atoms with Crippen molar-refractivity contribution in [3.05, 3.63) is 41.1 Å². The number of piperidine rings is 1. The zero-order chi connectivity index (χ0) is 18.1. The Kier molecular flexibility index (Phi) is 4.81. The number of hydrogen-bond acceptors (Lipinski definition) is 3. The van der Waals surface area contributed by atoms with Crippen LogP contribution in [0.3, 0.4) is 0 Å². The van der Waals surface area contributed by atoms with Gasteiger partial charge in [0, 0.05) is 43.3 Å². The Morgan fingerprint density at radius 3 is 2.65 bits per heavy atom. The topological polar surface area (TPSA) is 52.2 Å². The molecule has 4 aliphatic rings. The fourth-order valence-electron chi connectivity index (χ4n) is 4.53. The molecule has 3 saturated heterocycles. The van der Waals surface area contributed by atoms with E-state index in [1.165, 1.54) is 11.1 Å². The van der Waals surface area contributed by atoms with E-state index in [2.05, 4.69) is 38.2 Å². The molecule has 0 saturated carbocycles. The molecule has 6 rings (SSSR count). The van der Waals surface area contributed by atoms with Crippen LogP contribution in [0.4, 0.5) is 0 Å². The van der Waals surface area contributed by atoms with Crippen LogP contribution < -0.4 is 0 Å². The molecule has 0 spiro atoms. The van der Waals surface area contributed by atoms with Gasteiger partial charge in [-0.1, -0.05) is 38.1 Å². The van der Waals surface area contributed by atoms with Crippen LogP contribution >= 0.6 is 0 Å². The second kappa shape index (κ2) is 7.23. The van der Waals surface area contributed by atoms with E-state index < -0.39 is 0 Å². The van der Waals surface area contributed by atoms with Crippen molar-refractivity contribution in [2.24, 2.45) is 0 Å². The first-order valence-electron chi connectivity index (χ1n) is 10.00. The molecule has 0 atom stereocenters. The monoisotopic (exact) mass is 352 g/mol. The number of fused-ring (bicyclic) bond motifs is 7. The van der Waals surface area contributed by atoms with Gasteiger partial charge in [-0.3, -0.25) is 9.89 Å². The molecule has 2 aromatic rings. The van der Waals surface area contributed by atoms with Crippen LogP contribution in [0.25, 0.3) is 11.3 Å². The molecule has 3 fully saturated rings. The summed E-state index contributed by atoms with van der Waals surface area (Å²) < 4.78 is 0. The number of nitrogens with zero attached hydrogens (tertiary/aromatic N) is 3. The molecule has 1 aliphatic carbocycles. The molecule has 0 radical (unpaired) electrons. The number of benzene rings is 1.